The molecule has 0 aliphatic heterocycles. The zero-order valence-electron chi connectivity index (χ0n) is 34.4. The van der Waals surface area contributed by atoms with Gasteiger partial charge < -0.3 is 13.7 Å². The fraction of sp³-hybridized carbons (Fsp3) is 0. The van der Waals surface area contributed by atoms with Crippen LogP contribution < -0.4 is 0 Å². The minimum atomic E-state index is 1.14. The lowest BCUT2D eigenvalue weighted by molar-refractivity contribution is 1.18. The highest BCUT2D eigenvalue weighted by Crippen LogP contribution is 2.43. The van der Waals surface area contributed by atoms with Crippen LogP contribution in [0.4, 0.5) is 0 Å². The highest BCUT2D eigenvalue weighted by Gasteiger charge is 2.19. The highest BCUT2D eigenvalue weighted by molar-refractivity contribution is 6.11. The minimum Gasteiger partial charge on any atom is -0.309 e. The lowest BCUT2D eigenvalue weighted by Crippen LogP contribution is -1.96. The monoisotopic (exact) mass is 801 g/mol. The first-order valence-corrected chi connectivity index (χ1v) is 21.7. The summed E-state index contributed by atoms with van der Waals surface area (Å²) >= 11 is 0. The molecule has 0 amide bonds. The molecule has 0 fully saturated rings. The van der Waals surface area contributed by atoms with Crippen LogP contribution in [-0.2, 0) is 0 Å². The third kappa shape index (κ3) is 5.46. The van der Waals surface area contributed by atoms with Gasteiger partial charge in [-0.05, 0) is 106 Å². The Morgan fingerprint density at radius 2 is 0.429 bits per heavy atom. The van der Waals surface area contributed by atoms with E-state index in [0.29, 0.717) is 0 Å². The fourth-order valence-electron chi connectivity index (χ4n) is 10.3. The predicted octanol–water partition coefficient (Wildman–Crippen LogP) is 16.0. The van der Waals surface area contributed by atoms with Crippen molar-refractivity contribution in [2.75, 3.05) is 0 Å². The molecule has 10 aromatic carbocycles. The summed E-state index contributed by atoms with van der Waals surface area (Å²) in [4.78, 5) is 0. The van der Waals surface area contributed by atoms with E-state index in [1.165, 1.54) is 98.8 Å². The van der Waals surface area contributed by atoms with E-state index >= 15 is 0 Å². The van der Waals surface area contributed by atoms with Gasteiger partial charge in [-0.2, -0.15) is 0 Å². The molecule has 0 radical (unpaired) electrons. The van der Waals surface area contributed by atoms with Crippen LogP contribution in [0.2, 0.25) is 0 Å². The third-order valence-electron chi connectivity index (χ3n) is 13.1. The molecule has 13 rings (SSSR count). The number of hydrogen-bond acceptors (Lipinski definition) is 0. The van der Waals surface area contributed by atoms with Gasteiger partial charge in [-0.15, -0.1) is 0 Å². The number of benzene rings is 10. The van der Waals surface area contributed by atoms with Crippen LogP contribution in [0.15, 0.2) is 237 Å². The van der Waals surface area contributed by atoms with Crippen LogP contribution in [0.3, 0.4) is 0 Å². The van der Waals surface area contributed by atoms with Crippen molar-refractivity contribution in [1.82, 2.24) is 13.7 Å². The van der Waals surface area contributed by atoms with Crippen molar-refractivity contribution >= 4 is 65.4 Å². The van der Waals surface area contributed by atoms with Crippen molar-refractivity contribution in [2.45, 2.75) is 0 Å². The van der Waals surface area contributed by atoms with Crippen molar-refractivity contribution in [3.63, 3.8) is 0 Å². The van der Waals surface area contributed by atoms with Crippen molar-refractivity contribution in [1.29, 1.82) is 0 Å². The molecule has 0 saturated carbocycles. The van der Waals surface area contributed by atoms with Crippen molar-refractivity contribution in [3.05, 3.63) is 237 Å². The van der Waals surface area contributed by atoms with Crippen LogP contribution in [0, 0.1) is 0 Å². The smallest absolute Gasteiger partial charge is 0.0541 e. The Balaban J connectivity index is 0.968. The second-order valence-electron chi connectivity index (χ2n) is 16.5. The van der Waals surface area contributed by atoms with E-state index in [1.54, 1.807) is 0 Å². The van der Waals surface area contributed by atoms with E-state index in [0.717, 1.165) is 17.1 Å². The quantitative estimate of drug-likeness (QED) is 0.159. The average molecular weight is 802 g/mol. The first-order chi connectivity index (χ1) is 31.3. The maximum Gasteiger partial charge on any atom is 0.0541 e. The Morgan fingerprint density at radius 3 is 0.698 bits per heavy atom. The van der Waals surface area contributed by atoms with E-state index in [-0.39, 0.29) is 0 Å². The molecule has 0 unspecified atom stereocenters. The summed E-state index contributed by atoms with van der Waals surface area (Å²) in [5.41, 5.74) is 17.8. The number of aromatic nitrogens is 3. The summed E-state index contributed by atoms with van der Waals surface area (Å²) in [6.07, 6.45) is 0. The summed E-state index contributed by atoms with van der Waals surface area (Å²) in [6, 6.07) is 86.5. The zero-order chi connectivity index (χ0) is 41.4. The standard InChI is InChI=1S/C60H39N3/c1-7-22-54-48(14-1)49-15-2-8-23-55(49)61(54)43-34-28-40(29-35-43)46-20-13-21-47(41-30-36-44(37-31-41)62-56-24-9-3-16-50(56)51-17-4-10-25-57(51)62)60(46)42-32-38-45(39-33-42)63-58-26-11-5-18-52(58)53-19-6-12-27-59(53)63/h1-39H. The zero-order valence-corrected chi connectivity index (χ0v) is 34.4. The van der Waals surface area contributed by atoms with Gasteiger partial charge in [0.15, 0.2) is 0 Å². The average Bonchev–Trinajstić information content (AvgIpc) is 4.00. The first kappa shape index (κ1) is 35.4. The van der Waals surface area contributed by atoms with E-state index in [9.17, 15) is 0 Å². The van der Waals surface area contributed by atoms with Gasteiger partial charge in [-0.3, -0.25) is 0 Å². The second kappa shape index (κ2) is 14.1. The molecule has 3 heterocycles. The summed E-state index contributed by atoms with van der Waals surface area (Å²) in [5.74, 6) is 0. The molecule has 63 heavy (non-hydrogen) atoms. The molecule has 0 atom stereocenters. The Bertz CT molecular complexity index is 3540. The molecule has 0 spiro atoms. The van der Waals surface area contributed by atoms with E-state index in [2.05, 4.69) is 250 Å². The van der Waals surface area contributed by atoms with Gasteiger partial charge in [0, 0.05) is 49.4 Å². The van der Waals surface area contributed by atoms with Crippen molar-refractivity contribution < 1.29 is 0 Å². The molecule has 0 N–H and O–H groups in total. The summed E-state index contributed by atoms with van der Waals surface area (Å²) < 4.78 is 7.16. The van der Waals surface area contributed by atoms with Gasteiger partial charge in [0.05, 0.1) is 33.1 Å². The van der Waals surface area contributed by atoms with Crippen LogP contribution >= 0.6 is 0 Å². The molecule has 3 aromatic heterocycles. The number of nitrogens with zero attached hydrogens (tertiary/aromatic N) is 3. The van der Waals surface area contributed by atoms with Gasteiger partial charge in [-0.25, -0.2) is 0 Å². The summed E-state index contributed by atoms with van der Waals surface area (Å²) in [7, 11) is 0. The molecule has 0 aliphatic rings. The molecule has 0 saturated heterocycles. The normalized spacial score (nSPS) is 11.8. The Labute approximate surface area is 364 Å². The topological polar surface area (TPSA) is 14.8 Å². The Kier molecular flexibility index (Phi) is 7.91. The maximum absolute atomic E-state index is 2.39. The molecule has 13 aromatic rings. The number of fused-ring (bicyclic) bond motifs is 9. The van der Waals surface area contributed by atoms with Gasteiger partial charge in [0.1, 0.15) is 0 Å². The SMILES string of the molecule is c1cc(-c2ccc(-n3c4ccccc4c4ccccc43)cc2)c(-c2ccc(-n3c4ccccc4c4ccccc43)cc2)c(-c2ccc(-n3c4ccccc4c4ccccc43)cc2)c1. The molecule has 294 valence electrons. The van der Waals surface area contributed by atoms with Crippen LogP contribution in [0.5, 0.6) is 0 Å². The number of para-hydroxylation sites is 6. The van der Waals surface area contributed by atoms with Crippen LogP contribution in [-0.4, -0.2) is 13.7 Å². The Hall–Kier alpha value is -8.40. The van der Waals surface area contributed by atoms with Crippen molar-refractivity contribution in [2.24, 2.45) is 0 Å². The predicted molar refractivity (Wildman–Crippen MR) is 266 cm³/mol. The summed E-state index contributed by atoms with van der Waals surface area (Å²) in [6.45, 7) is 0. The fourth-order valence-corrected chi connectivity index (χ4v) is 10.3. The lowest BCUT2D eigenvalue weighted by atomic mass is 9.87. The lowest BCUT2D eigenvalue weighted by Gasteiger charge is -2.18. The van der Waals surface area contributed by atoms with Crippen LogP contribution in [0.1, 0.15) is 0 Å². The molecule has 0 aliphatic carbocycles. The third-order valence-corrected chi connectivity index (χ3v) is 13.1. The summed E-state index contributed by atoms with van der Waals surface area (Å²) in [5, 5.41) is 7.58. The van der Waals surface area contributed by atoms with Gasteiger partial charge in [0.25, 0.3) is 0 Å². The van der Waals surface area contributed by atoms with E-state index in [1.807, 2.05) is 0 Å². The second-order valence-corrected chi connectivity index (χ2v) is 16.5. The molecule has 0 bridgehead atoms. The van der Waals surface area contributed by atoms with E-state index in [4.69, 9.17) is 0 Å². The van der Waals surface area contributed by atoms with E-state index < -0.39 is 0 Å². The largest absolute Gasteiger partial charge is 0.309 e. The molecule has 3 heteroatoms. The van der Waals surface area contributed by atoms with Gasteiger partial charge >= 0.3 is 0 Å². The van der Waals surface area contributed by atoms with Crippen LogP contribution in [0.25, 0.3) is 116 Å². The number of hydrogen-bond donors (Lipinski definition) is 0. The van der Waals surface area contributed by atoms with Gasteiger partial charge in [-0.1, -0.05) is 164 Å². The molecular weight excluding hydrogens is 763 g/mol. The highest BCUT2D eigenvalue weighted by atomic mass is 15.0. The minimum absolute atomic E-state index is 1.14. The number of rotatable bonds is 6. The first-order valence-electron chi connectivity index (χ1n) is 21.7. The molecule has 3 nitrogen and oxygen atoms in total. The molecular formula is C60H39N3. The van der Waals surface area contributed by atoms with Crippen molar-refractivity contribution in [3.8, 4) is 50.4 Å². The van der Waals surface area contributed by atoms with Gasteiger partial charge in [0.2, 0.25) is 0 Å². The Morgan fingerprint density at radius 1 is 0.190 bits per heavy atom. The maximum atomic E-state index is 2.39.